The second-order valence-corrected chi connectivity index (χ2v) is 8.59. The van der Waals surface area contributed by atoms with Gasteiger partial charge in [0.15, 0.2) is 0 Å². The number of aromatic nitrogens is 2. The summed E-state index contributed by atoms with van der Waals surface area (Å²) >= 11 is 0. The number of amides is 1. The largest absolute Gasteiger partial charge is 0.333 e. The van der Waals surface area contributed by atoms with E-state index in [1.165, 1.54) is 31.5 Å². The number of nitrogens with zero attached hydrogens (tertiary/aromatic N) is 4. The molecule has 3 aromatic rings. The molecule has 0 saturated carbocycles. The predicted molar refractivity (Wildman–Crippen MR) is 112 cm³/mol. The lowest BCUT2D eigenvalue weighted by atomic mass is 9.75. The van der Waals surface area contributed by atoms with Gasteiger partial charge in [0.1, 0.15) is 0 Å². The first-order chi connectivity index (χ1) is 14.3. The Morgan fingerprint density at radius 3 is 2.45 bits per heavy atom. The highest BCUT2D eigenvalue weighted by molar-refractivity contribution is 5.97. The summed E-state index contributed by atoms with van der Waals surface area (Å²) in [6, 6.07) is 17.2. The summed E-state index contributed by atoms with van der Waals surface area (Å²) < 4.78 is 0. The van der Waals surface area contributed by atoms with Crippen LogP contribution in [0.3, 0.4) is 0 Å². The minimum atomic E-state index is 0.139. The molecule has 4 aliphatic heterocycles. The molecule has 0 radical (unpaired) electrons. The van der Waals surface area contributed by atoms with Crippen molar-refractivity contribution in [2.45, 2.75) is 30.8 Å². The molecule has 4 aliphatic rings. The molecular weight excluding hydrogens is 360 g/mol. The molecule has 3 atom stereocenters. The Balaban J connectivity index is 1.39. The second-order valence-electron chi connectivity index (χ2n) is 8.59. The highest BCUT2D eigenvalue weighted by atomic mass is 16.2. The summed E-state index contributed by atoms with van der Waals surface area (Å²) in [4.78, 5) is 27.2. The second kappa shape index (κ2) is 6.63. The van der Waals surface area contributed by atoms with Crippen LogP contribution in [0.2, 0.25) is 0 Å². The van der Waals surface area contributed by atoms with Gasteiger partial charge in [-0.15, -0.1) is 0 Å². The average molecular weight is 384 g/mol. The summed E-state index contributed by atoms with van der Waals surface area (Å²) in [6.45, 7) is 3.13. The van der Waals surface area contributed by atoms with E-state index in [-0.39, 0.29) is 5.91 Å². The Hall–Kier alpha value is -2.79. The van der Waals surface area contributed by atoms with Gasteiger partial charge in [0.25, 0.3) is 5.91 Å². The quantitative estimate of drug-likeness (QED) is 0.680. The Kier molecular flexibility index (Phi) is 3.91. The van der Waals surface area contributed by atoms with Crippen LogP contribution in [-0.4, -0.2) is 57.4 Å². The number of benzene rings is 2. The zero-order chi connectivity index (χ0) is 19.4. The Morgan fingerprint density at radius 2 is 1.66 bits per heavy atom. The molecule has 0 spiro atoms. The highest BCUT2D eigenvalue weighted by Crippen LogP contribution is 2.46. The maximum Gasteiger partial charge on any atom is 0.254 e. The van der Waals surface area contributed by atoms with Crippen LogP contribution in [0.25, 0.3) is 11.0 Å². The number of carbonyl (C=O) groups excluding carboxylic acids is 1. The zero-order valence-electron chi connectivity index (χ0n) is 16.3. The standard InChI is InChI=1S/C24H24N4O/c29-24(18-6-7-20-21(14-18)26-11-10-25-20)28-15-19(16-4-2-1-3-5-16)23-22(28)17-8-12-27(23)13-9-17/h1-7,10-11,14,17,19,22-23H,8-9,12-13,15H2/t19-,22+,23+/m1/s1. The van der Waals surface area contributed by atoms with Crippen molar-refractivity contribution in [1.29, 1.82) is 0 Å². The van der Waals surface area contributed by atoms with Crippen molar-refractivity contribution < 1.29 is 4.79 Å². The molecule has 0 unspecified atom stereocenters. The van der Waals surface area contributed by atoms with Gasteiger partial charge in [-0.2, -0.15) is 0 Å². The molecule has 1 amide bonds. The fraction of sp³-hybridized carbons (Fsp3) is 0.375. The van der Waals surface area contributed by atoms with Crippen molar-refractivity contribution in [3.8, 4) is 0 Å². The third-order valence-corrected chi connectivity index (χ3v) is 7.20. The molecule has 146 valence electrons. The summed E-state index contributed by atoms with van der Waals surface area (Å²) in [5, 5.41) is 0. The molecular formula is C24H24N4O. The van der Waals surface area contributed by atoms with Crippen LogP contribution in [0.4, 0.5) is 0 Å². The van der Waals surface area contributed by atoms with Crippen LogP contribution in [-0.2, 0) is 0 Å². The first-order valence-corrected chi connectivity index (χ1v) is 10.6. The van der Waals surface area contributed by atoms with Gasteiger partial charge in [-0.3, -0.25) is 19.7 Å². The van der Waals surface area contributed by atoms with E-state index in [2.05, 4.69) is 50.1 Å². The third kappa shape index (κ3) is 2.68. The molecule has 0 N–H and O–H groups in total. The van der Waals surface area contributed by atoms with Crippen LogP contribution >= 0.6 is 0 Å². The van der Waals surface area contributed by atoms with Crippen molar-refractivity contribution in [2.24, 2.45) is 5.92 Å². The molecule has 29 heavy (non-hydrogen) atoms. The normalized spacial score (nSPS) is 30.5. The van der Waals surface area contributed by atoms with E-state index in [9.17, 15) is 4.79 Å². The van der Waals surface area contributed by atoms with Gasteiger partial charge in [0.05, 0.1) is 17.1 Å². The van der Waals surface area contributed by atoms with Crippen molar-refractivity contribution in [2.75, 3.05) is 19.6 Å². The van der Waals surface area contributed by atoms with Crippen LogP contribution < -0.4 is 0 Å². The maximum atomic E-state index is 13.7. The lowest BCUT2D eigenvalue weighted by molar-refractivity contribution is -0.00340. The molecule has 7 rings (SSSR count). The first-order valence-electron chi connectivity index (χ1n) is 10.6. The monoisotopic (exact) mass is 384 g/mol. The van der Waals surface area contributed by atoms with Gasteiger partial charge in [-0.25, -0.2) is 0 Å². The van der Waals surface area contributed by atoms with Gasteiger partial charge in [-0.05, 0) is 55.6 Å². The van der Waals surface area contributed by atoms with Crippen LogP contribution in [0.1, 0.15) is 34.7 Å². The number of hydrogen-bond acceptors (Lipinski definition) is 4. The lowest BCUT2D eigenvalue weighted by Crippen LogP contribution is -2.60. The molecule has 5 heteroatoms. The Bertz CT molecular complexity index is 1060. The summed E-state index contributed by atoms with van der Waals surface area (Å²) in [5.41, 5.74) is 3.69. The first kappa shape index (κ1) is 17.1. The number of likely N-dealkylation sites (tertiary alicyclic amines) is 1. The van der Waals surface area contributed by atoms with Crippen molar-refractivity contribution in [3.05, 3.63) is 72.1 Å². The predicted octanol–water partition coefficient (Wildman–Crippen LogP) is 3.33. The van der Waals surface area contributed by atoms with Gasteiger partial charge in [-0.1, -0.05) is 30.3 Å². The molecule has 5 heterocycles. The average Bonchev–Trinajstić information content (AvgIpc) is 3.23. The summed E-state index contributed by atoms with van der Waals surface area (Å²) in [5.74, 6) is 1.14. The van der Waals surface area contributed by atoms with E-state index in [1.54, 1.807) is 12.4 Å². The van der Waals surface area contributed by atoms with E-state index in [0.29, 0.717) is 23.9 Å². The minimum absolute atomic E-state index is 0.139. The maximum absolute atomic E-state index is 13.7. The molecule has 2 aromatic carbocycles. The fourth-order valence-electron chi connectivity index (χ4n) is 5.91. The van der Waals surface area contributed by atoms with Gasteiger partial charge >= 0.3 is 0 Å². The van der Waals surface area contributed by atoms with E-state index in [0.717, 1.165) is 23.1 Å². The fourth-order valence-corrected chi connectivity index (χ4v) is 5.91. The topological polar surface area (TPSA) is 49.3 Å². The van der Waals surface area contributed by atoms with Gasteiger partial charge < -0.3 is 4.90 Å². The van der Waals surface area contributed by atoms with Crippen molar-refractivity contribution >= 4 is 16.9 Å². The Morgan fingerprint density at radius 1 is 0.897 bits per heavy atom. The molecule has 0 aliphatic carbocycles. The molecule has 4 saturated heterocycles. The number of rotatable bonds is 2. The highest BCUT2D eigenvalue weighted by Gasteiger charge is 2.54. The third-order valence-electron chi connectivity index (χ3n) is 7.20. The Labute approximate surface area is 170 Å². The summed E-state index contributed by atoms with van der Waals surface area (Å²) in [6.07, 6.45) is 5.78. The SMILES string of the molecule is O=C(c1ccc2nccnc2c1)N1C[C@H](c2ccccc2)[C@H]2[C@@H]1C1CCN2CC1. The minimum Gasteiger partial charge on any atom is -0.333 e. The number of fused-ring (bicyclic) bond motifs is 3. The van der Waals surface area contributed by atoms with Crippen LogP contribution in [0.5, 0.6) is 0 Å². The van der Waals surface area contributed by atoms with Gasteiger partial charge in [0.2, 0.25) is 0 Å². The number of piperidine rings is 3. The molecule has 5 nitrogen and oxygen atoms in total. The van der Waals surface area contributed by atoms with Crippen LogP contribution in [0.15, 0.2) is 60.9 Å². The summed E-state index contributed by atoms with van der Waals surface area (Å²) in [7, 11) is 0. The lowest BCUT2D eigenvalue weighted by Gasteiger charge is -2.51. The molecule has 2 bridgehead atoms. The zero-order valence-corrected chi connectivity index (χ0v) is 16.3. The molecule has 4 fully saturated rings. The van der Waals surface area contributed by atoms with E-state index < -0.39 is 0 Å². The number of carbonyl (C=O) groups is 1. The molecule has 1 aromatic heterocycles. The number of hydrogen-bond donors (Lipinski definition) is 0. The smallest absolute Gasteiger partial charge is 0.254 e. The van der Waals surface area contributed by atoms with Crippen LogP contribution in [0, 0.1) is 5.92 Å². The van der Waals surface area contributed by atoms with Crippen molar-refractivity contribution in [3.63, 3.8) is 0 Å². The van der Waals surface area contributed by atoms with Crippen molar-refractivity contribution in [1.82, 2.24) is 19.8 Å². The van der Waals surface area contributed by atoms with E-state index >= 15 is 0 Å². The van der Waals surface area contributed by atoms with Gasteiger partial charge in [0, 0.05) is 36.5 Å². The van der Waals surface area contributed by atoms with E-state index in [4.69, 9.17) is 0 Å². The van der Waals surface area contributed by atoms with E-state index in [1.807, 2.05) is 18.2 Å².